The molecular formula is C70H98Br2N2O5S. The predicted octanol–water partition coefficient (Wildman–Crippen LogP) is 18.6. The van der Waals surface area contributed by atoms with E-state index >= 15 is 0 Å². The van der Waals surface area contributed by atoms with Crippen molar-refractivity contribution in [1.29, 1.82) is 10.5 Å². The van der Waals surface area contributed by atoms with Gasteiger partial charge in [0, 0.05) is 21.5 Å². The Hall–Kier alpha value is -4.42. The number of alkyl halides is 2. The first kappa shape index (κ1) is 71.7. The summed E-state index contributed by atoms with van der Waals surface area (Å²) in [6, 6.07) is 46.5. The summed E-state index contributed by atoms with van der Waals surface area (Å²) in [5.41, 5.74) is 11.9. The van der Waals surface area contributed by atoms with Gasteiger partial charge in [0.15, 0.2) is 0 Å². The summed E-state index contributed by atoms with van der Waals surface area (Å²) in [4.78, 5) is 11.2. The molecule has 7 nitrogen and oxygen atoms in total. The van der Waals surface area contributed by atoms with Gasteiger partial charge in [0.25, 0.3) is 10.1 Å². The van der Waals surface area contributed by atoms with Crippen molar-refractivity contribution in [1.82, 2.24) is 0 Å². The molecule has 4 saturated carbocycles. The highest BCUT2D eigenvalue weighted by Crippen LogP contribution is 2.43. The van der Waals surface area contributed by atoms with Gasteiger partial charge in [0.2, 0.25) is 0 Å². The lowest BCUT2D eigenvalue weighted by Gasteiger charge is -2.28. The van der Waals surface area contributed by atoms with Crippen molar-refractivity contribution in [3.05, 3.63) is 177 Å². The van der Waals surface area contributed by atoms with Crippen LogP contribution in [0.5, 0.6) is 0 Å². The molecule has 0 spiro atoms. The molecule has 0 saturated heterocycles. The topological polar surface area (TPSA) is 128 Å². The van der Waals surface area contributed by atoms with Gasteiger partial charge in [0.1, 0.15) is 6.29 Å². The van der Waals surface area contributed by atoms with Crippen LogP contribution in [-0.2, 0) is 47.2 Å². The van der Waals surface area contributed by atoms with E-state index in [0.717, 1.165) is 93.0 Å². The fraction of sp³-hybridized carbons (Fsp3) is 0.529. The van der Waals surface area contributed by atoms with Crippen molar-refractivity contribution in [2.45, 2.75) is 206 Å². The number of aryl methyl sites for hydroxylation is 5. The second kappa shape index (κ2) is 38.4. The first-order valence-electron chi connectivity index (χ1n) is 29.6. The van der Waals surface area contributed by atoms with Crippen LogP contribution in [0.4, 0.5) is 0 Å². The number of hydrogen-bond donors (Lipinski definition) is 1. The molecule has 4 fully saturated rings. The third kappa shape index (κ3) is 23.8. The summed E-state index contributed by atoms with van der Waals surface area (Å²) in [6.07, 6.45) is 23.3. The fourth-order valence-corrected chi connectivity index (χ4v) is 12.1. The number of carbonyl (C=O) groups is 1. The van der Waals surface area contributed by atoms with Gasteiger partial charge >= 0.3 is 0 Å². The van der Waals surface area contributed by atoms with E-state index in [1.807, 2.05) is 58.9 Å². The minimum atomic E-state index is -3.37. The number of carbonyl (C=O) groups excluding carboxylic acids is 1. The van der Waals surface area contributed by atoms with Crippen molar-refractivity contribution < 1.29 is 22.5 Å². The zero-order valence-electron chi connectivity index (χ0n) is 50.5. The SMILES string of the molecule is BrCCCCBr.CC.CC.Cc1ccc(C2(C#N)CCCC2)cc1.Cc1ccc(C2(C=O)CCCC2)cc1.Cc1ccc(C2(CO)CCCC2)cc1.Cc1ccc(C2(COS(C)(=O)=O)CCCC2)cc1.Cc1ccc(CC#N)cc1. The van der Waals surface area contributed by atoms with Gasteiger partial charge in [-0.1, -0.05) is 260 Å². The van der Waals surface area contributed by atoms with E-state index in [0.29, 0.717) is 13.0 Å². The molecule has 0 bridgehead atoms. The Bertz CT molecular complexity index is 2630. The van der Waals surface area contributed by atoms with Crippen LogP contribution < -0.4 is 0 Å². The highest BCUT2D eigenvalue weighted by Gasteiger charge is 2.38. The lowest BCUT2D eigenvalue weighted by molar-refractivity contribution is -0.112. The summed E-state index contributed by atoms with van der Waals surface area (Å²) in [6.45, 7) is 18.9. The maximum absolute atomic E-state index is 11.2. The van der Waals surface area contributed by atoms with Crippen molar-refractivity contribution in [2.24, 2.45) is 0 Å². The maximum Gasteiger partial charge on any atom is 0.264 e. The molecule has 0 heterocycles. The van der Waals surface area contributed by atoms with Gasteiger partial charge < -0.3 is 9.90 Å². The first-order valence-corrected chi connectivity index (χ1v) is 33.7. The number of benzene rings is 5. The van der Waals surface area contributed by atoms with Crippen LogP contribution in [0, 0.1) is 57.3 Å². The van der Waals surface area contributed by atoms with E-state index < -0.39 is 10.1 Å². The lowest BCUT2D eigenvalue weighted by Crippen LogP contribution is -2.29. The number of nitriles is 2. The molecule has 0 aromatic heterocycles. The Morgan fingerprint density at radius 2 is 0.838 bits per heavy atom. The number of unbranched alkanes of at least 4 members (excludes halogenated alkanes) is 1. The van der Waals surface area contributed by atoms with Crippen molar-refractivity contribution in [3.63, 3.8) is 0 Å². The average Bonchev–Trinajstić information content (AvgIpc) is 4.35. The van der Waals surface area contributed by atoms with Crippen LogP contribution in [0.3, 0.4) is 0 Å². The summed E-state index contributed by atoms with van der Waals surface area (Å²) >= 11 is 6.66. The molecule has 5 aromatic carbocycles. The van der Waals surface area contributed by atoms with Gasteiger partial charge in [-0.15, -0.1) is 0 Å². The van der Waals surface area contributed by atoms with Gasteiger partial charge in [-0.05, 0) is 127 Å². The number of aldehydes is 1. The van der Waals surface area contributed by atoms with Crippen molar-refractivity contribution in [2.75, 3.05) is 30.1 Å². The second-order valence-corrected chi connectivity index (χ2v) is 25.1. The molecule has 438 valence electrons. The Labute approximate surface area is 503 Å². The number of aliphatic hydroxyl groups excluding tert-OH is 1. The van der Waals surface area contributed by atoms with E-state index in [2.05, 4.69) is 169 Å². The average molecular weight is 1240 g/mol. The number of halogens is 2. The van der Waals surface area contributed by atoms with Gasteiger partial charge in [-0.2, -0.15) is 18.9 Å². The highest BCUT2D eigenvalue weighted by atomic mass is 79.9. The van der Waals surface area contributed by atoms with Crippen LogP contribution in [0.2, 0.25) is 0 Å². The molecule has 9 rings (SSSR count). The van der Waals surface area contributed by atoms with Crippen molar-refractivity contribution >= 4 is 48.3 Å². The van der Waals surface area contributed by atoms with Crippen LogP contribution in [0.25, 0.3) is 0 Å². The monoisotopic (exact) mass is 1240 g/mol. The standard InChI is InChI=1S/C14H20O3S.C13H15N.C13H18O.C13H16O.C9H9N.C4H8Br2.2C2H6/c1-12-5-7-13(8-6-12)14(9-3-4-10-14)11-17-18(2,15)16;3*1-11-4-6-12(7-5-11)13(10-14)8-2-3-9-13;1-8-2-4-9(5-3-8)6-7-10;5-3-1-2-4-6;2*1-2/h5-8H,3-4,9-11H2,1-2H3;4-7H,2-3,8-9H2,1H3;4-7,14H,2-3,8-10H2,1H3;4-7,10H,2-3,8-9H2,1H3;2-5H,6H2,1H3;1-4H2;2*1-2H3. The zero-order chi connectivity index (χ0) is 59.5. The Balaban J connectivity index is 0.000000331. The summed E-state index contributed by atoms with van der Waals surface area (Å²) in [7, 11) is -3.37. The van der Waals surface area contributed by atoms with Crippen LogP contribution >= 0.6 is 31.9 Å². The zero-order valence-corrected chi connectivity index (χ0v) is 54.5. The van der Waals surface area contributed by atoms with Gasteiger partial charge in [-0.25, -0.2) is 0 Å². The largest absolute Gasteiger partial charge is 0.395 e. The Kier molecular flexibility index (Phi) is 34.4. The van der Waals surface area contributed by atoms with E-state index in [1.165, 1.54) is 101 Å². The smallest absolute Gasteiger partial charge is 0.264 e. The number of rotatable bonds is 13. The van der Waals surface area contributed by atoms with Gasteiger partial charge in [0.05, 0.1) is 48.9 Å². The molecule has 4 aliphatic carbocycles. The normalized spacial score (nSPS) is 16.4. The van der Waals surface area contributed by atoms with E-state index in [1.54, 1.807) is 0 Å². The van der Waals surface area contributed by atoms with E-state index in [9.17, 15) is 23.6 Å². The summed E-state index contributed by atoms with van der Waals surface area (Å²) in [5.74, 6) is 0. The first-order chi connectivity index (χ1) is 38.5. The van der Waals surface area contributed by atoms with E-state index in [4.69, 9.17) is 9.44 Å². The highest BCUT2D eigenvalue weighted by molar-refractivity contribution is 9.09. The minimum absolute atomic E-state index is 0.0771. The molecule has 1 N–H and O–H groups in total. The lowest BCUT2D eigenvalue weighted by atomic mass is 9.79. The molecule has 0 atom stereocenters. The molecule has 80 heavy (non-hydrogen) atoms. The third-order valence-corrected chi connectivity index (χ3v) is 17.5. The number of hydrogen-bond acceptors (Lipinski definition) is 7. The molecular weight excluding hydrogens is 1140 g/mol. The molecule has 5 aromatic rings. The number of aliphatic hydroxyl groups is 1. The Morgan fingerprint density at radius 1 is 0.512 bits per heavy atom. The summed E-state index contributed by atoms with van der Waals surface area (Å²) in [5, 5.41) is 29.4. The predicted molar refractivity (Wildman–Crippen MR) is 345 cm³/mol. The second-order valence-electron chi connectivity index (χ2n) is 21.9. The van der Waals surface area contributed by atoms with Crippen LogP contribution in [0.15, 0.2) is 121 Å². The molecule has 0 aliphatic heterocycles. The molecule has 10 heteroatoms. The van der Waals surface area contributed by atoms with Crippen LogP contribution in [-0.4, -0.2) is 49.9 Å². The molecule has 4 aliphatic rings. The van der Waals surface area contributed by atoms with Crippen molar-refractivity contribution in [3.8, 4) is 12.1 Å². The molecule has 0 amide bonds. The fourth-order valence-electron chi connectivity index (χ4n) is 10.9. The molecule has 0 unspecified atom stereocenters. The van der Waals surface area contributed by atoms with E-state index in [-0.39, 0.29) is 28.3 Å². The third-order valence-electron chi connectivity index (χ3n) is 15.8. The Morgan fingerprint density at radius 3 is 1.18 bits per heavy atom. The summed E-state index contributed by atoms with van der Waals surface area (Å²) < 4.78 is 27.5. The minimum Gasteiger partial charge on any atom is -0.395 e. The quantitative estimate of drug-likeness (QED) is 0.0538. The number of nitrogens with zero attached hydrogens (tertiary/aromatic N) is 2. The van der Waals surface area contributed by atoms with Gasteiger partial charge in [-0.3, -0.25) is 4.18 Å². The van der Waals surface area contributed by atoms with Crippen LogP contribution in [0.1, 0.15) is 199 Å². The maximum atomic E-state index is 11.2. The molecule has 0 radical (unpaired) electrons.